The Morgan fingerprint density at radius 2 is 2.15 bits per heavy atom. The van der Waals surface area contributed by atoms with E-state index in [1.807, 2.05) is 0 Å². The second-order valence-electron chi connectivity index (χ2n) is 6.42. The molecule has 0 bridgehead atoms. The highest BCUT2D eigenvalue weighted by Gasteiger charge is 2.40. The Morgan fingerprint density at radius 3 is 2.85 bits per heavy atom. The van der Waals surface area contributed by atoms with Crippen LogP contribution in [0.4, 0.5) is 0 Å². The largest absolute Gasteiger partial charge is 0.381 e. The second-order valence-corrected chi connectivity index (χ2v) is 6.42. The van der Waals surface area contributed by atoms with Crippen molar-refractivity contribution < 1.29 is 4.74 Å². The Hall–Kier alpha value is -0.900. The maximum absolute atomic E-state index is 6.19. The SMILES string of the molecule is CC(CN)(C1CCOC1)N1CCCc2ccccc2C1. The van der Waals surface area contributed by atoms with Crippen molar-refractivity contribution >= 4 is 0 Å². The van der Waals surface area contributed by atoms with Crippen LogP contribution in [0.25, 0.3) is 0 Å². The zero-order valence-corrected chi connectivity index (χ0v) is 12.5. The highest BCUT2D eigenvalue weighted by molar-refractivity contribution is 5.28. The van der Waals surface area contributed by atoms with Crippen molar-refractivity contribution in [1.82, 2.24) is 4.90 Å². The van der Waals surface area contributed by atoms with Crippen LogP contribution in [0.2, 0.25) is 0 Å². The summed E-state index contributed by atoms with van der Waals surface area (Å²) in [4.78, 5) is 2.61. The number of aryl methyl sites for hydroxylation is 1. The molecule has 0 spiro atoms. The van der Waals surface area contributed by atoms with Gasteiger partial charge in [0.1, 0.15) is 0 Å². The molecule has 2 unspecified atom stereocenters. The highest BCUT2D eigenvalue weighted by Crippen LogP contribution is 2.33. The molecule has 3 heteroatoms. The van der Waals surface area contributed by atoms with Gasteiger partial charge in [-0.3, -0.25) is 4.90 Å². The molecule has 20 heavy (non-hydrogen) atoms. The van der Waals surface area contributed by atoms with E-state index < -0.39 is 0 Å². The van der Waals surface area contributed by atoms with E-state index in [9.17, 15) is 0 Å². The molecule has 0 amide bonds. The van der Waals surface area contributed by atoms with Gasteiger partial charge in [-0.2, -0.15) is 0 Å². The average Bonchev–Trinajstić information content (AvgIpc) is 2.93. The number of hydrogen-bond donors (Lipinski definition) is 1. The minimum absolute atomic E-state index is 0.0634. The fourth-order valence-electron chi connectivity index (χ4n) is 3.72. The standard InChI is InChI=1S/C17H26N2O/c1-17(13-18,16-8-10-20-12-16)19-9-4-7-14-5-2-3-6-15(14)11-19/h2-3,5-6,16H,4,7-13,18H2,1H3. The first-order chi connectivity index (χ1) is 9.74. The van der Waals surface area contributed by atoms with E-state index in [-0.39, 0.29) is 5.54 Å². The first kappa shape index (κ1) is 14.1. The first-order valence-corrected chi connectivity index (χ1v) is 7.83. The minimum Gasteiger partial charge on any atom is -0.381 e. The monoisotopic (exact) mass is 274 g/mol. The first-order valence-electron chi connectivity index (χ1n) is 7.83. The molecule has 2 N–H and O–H groups in total. The van der Waals surface area contributed by atoms with Crippen LogP contribution >= 0.6 is 0 Å². The molecule has 110 valence electrons. The third kappa shape index (κ3) is 2.50. The van der Waals surface area contributed by atoms with Crippen molar-refractivity contribution in [1.29, 1.82) is 0 Å². The van der Waals surface area contributed by atoms with Gasteiger partial charge < -0.3 is 10.5 Å². The summed E-state index contributed by atoms with van der Waals surface area (Å²) in [5, 5.41) is 0. The van der Waals surface area contributed by atoms with Gasteiger partial charge in [-0.15, -0.1) is 0 Å². The van der Waals surface area contributed by atoms with Crippen LogP contribution in [-0.4, -0.2) is 36.7 Å². The Labute approximate surface area is 122 Å². The zero-order chi connectivity index (χ0) is 14.0. The molecule has 2 heterocycles. The molecule has 0 aliphatic carbocycles. The lowest BCUT2D eigenvalue weighted by Gasteiger charge is -2.44. The number of nitrogens with zero attached hydrogens (tertiary/aromatic N) is 1. The Bertz CT molecular complexity index is 456. The number of rotatable bonds is 3. The molecule has 1 fully saturated rings. The van der Waals surface area contributed by atoms with E-state index >= 15 is 0 Å². The van der Waals surface area contributed by atoms with E-state index in [1.165, 1.54) is 24.0 Å². The summed E-state index contributed by atoms with van der Waals surface area (Å²) < 4.78 is 5.61. The third-order valence-electron chi connectivity index (χ3n) is 5.30. The molecule has 0 saturated carbocycles. The van der Waals surface area contributed by atoms with Crippen molar-refractivity contribution in [2.45, 2.75) is 38.3 Å². The number of benzene rings is 1. The number of nitrogens with two attached hydrogens (primary N) is 1. The summed E-state index contributed by atoms with van der Waals surface area (Å²) in [7, 11) is 0. The van der Waals surface area contributed by atoms with Crippen LogP contribution in [0, 0.1) is 5.92 Å². The summed E-state index contributed by atoms with van der Waals surface area (Å²) in [5.41, 5.74) is 9.24. The average molecular weight is 274 g/mol. The summed E-state index contributed by atoms with van der Waals surface area (Å²) in [6.45, 7) is 6.97. The van der Waals surface area contributed by atoms with Gasteiger partial charge >= 0.3 is 0 Å². The van der Waals surface area contributed by atoms with E-state index in [0.717, 1.165) is 32.7 Å². The smallest absolute Gasteiger partial charge is 0.0513 e. The molecule has 1 aromatic carbocycles. The van der Waals surface area contributed by atoms with Gasteiger partial charge in [0.2, 0.25) is 0 Å². The van der Waals surface area contributed by atoms with Crippen molar-refractivity contribution in [2.75, 3.05) is 26.3 Å². The van der Waals surface area contributed by atoms with Crippen LogP contribution in [0.3, 0.4) is 0 Å². The van der Waals surface area contributed by atoms with E-state index in [2.05, 4.69) is 36.1 Å². The van der Waals surface area contributed by atoms with Gasteiger partial charge in [-0.1, -0.05) is 24.3 Å². The van der Waals surface area contributed by atoms with Gasteiger partial charge in [0.05, 0.1) is 6.61 Å². The predicted octanol–water partition coefficient (Wildman–Crippen LogP) is 2.19. The Kier molecular flexibility index (Phi) is 4.11. The van der Waals surface area contributed by atoms with Crippen LogP contribution in [0.1, 0.15) is 30.9 Å². The molecule has 2 atom stereocenters. The lowest BCUT2D eigenvalue weighted by Crippen LogP contribution is -2.56. The normalized spacial score (nSPS) is 26.8. The molecule has 0 aromatic heterocycles. The van der Waals surface area contributed by atoms with E-state index in [1.54, 1.807) is 0 Å². The maximum atomic E-state index is 6.19. The van der Waals surface area contributed by atoms with Crippen LogP contribution in [0.15, 0.2) is 24.3 Å². The van der Waals surface area contributed by atoms with Crippen molar-refractivity contribution in [3.05, 3.63) is 35.4 Å². The van der Waals surface area contributed by atoms with Gasteiger partial charge in [-0.25, -0.2) is 0 Å². The second kappa shape index (κ2) is 5.84. The van der Waals surface area contributed by atoms with E-state index in [0.29, 0.717) is 12.5 Å². The summed E-state index contributed by atoms with van der Waals surface area (Å²) in [6.07, 6.45) is 3.56. The van der Waals surface area contributed by atoms with Crippen LogP contribution in [-0.2, 0) is 17.7 Å². The lowest BCUT2D eigenvalue weighted by molar-refractivity contribution is 0.0396. The van der Waals surface area contributed by atoms with E-state index in [4.69, 9.17) is 10.5 Å². The summed E-state index contributed by atoms with van der Waals surface area (Å²) in [5.74, 6) is 0.567. The van der Waals surface area contributed by atoms with Crippen molar-refractivity contribution in [3.63, 3.8) is 0 Å². The van der Waals surface area contributed by atoms with Gasteiger partial charge in [0, 0.05) is 31.2 Å². The molecule has 0 radical (unpaired) electrons. The van der Waals surface area contributed by atoms with Crippen molar-refractivity contribution in [3.8, 4) is 0 Å². The third-order valence-corrected chi connectivity index (χ3v) is 5.30. The van der Waals surface area contributed by atoms with Crippen LogP contribution < -0.4 is 5.73 Å². The predicted molar refractivity (Wildman–Crippen MR) is 81.6 cm³/mol. The fraction of sp³-hybridized carbons (Fsp3) is 0.647. The molecule has 3 nitrogen and oxygen atoms in total. The zero-order valence-electron chi connectivity index (χ0n) is 12.5. The molecular formula is C17H26N2O. The van der Waals surface area contributed by atoms with Crippen molar-refractivity contribution in [2.24, 2.45) is 11.7 Å². The highest BCUT2D eigenvalue weighted by atomic mass is 16.5. The molecule has 1 saturated heterocycles. The lowest BCUT2D eigenvalue weighted by atomic mass is 9.83. The molecule has 1 aromatic rings. The number of fused-ring (bicyclic) bond motifs is 1. The maximum Gasteiger partial charge on any atom is 0.0513 e. The Balaban J connectivity index is 1.85. The molecule has 2 aliphatic rings. The van der Waals surface area contributed by atoms with Gasteiger partial charge in [-0.05, 0) is 43.9 Å². The number of ether oxygens (including phenoxy) is 1. The molecule has 2 aliphatic heterocycles. The molecular weight excluding hydrogens is 248 g/mol. The fourth-order valence-corrected chi connectivity index (χ4v) is 3.72. The molecule has 3 rings (SSSR count). The summed E-state index contributed by atoms with van der Waals surface area (Å²) >= 11 is 0. The number of hydrogen-bond acceptors (Lipinski definition) is 3. The quantitative estimate of drug-likeness (QED) is 0.918. The van der Waals surface area contributed by atoms with Gasteiger partial charge in [0.15, 0.2) is 0 Å². The Morgan fingerprint density at radius 1 is 1.35 bits per heavy atom. The topological polar surface area (TPSA) is 38.5 Å². The summed E-state index contributed by atoms with van der Waals surface area (Å²) in [6, 6.07) is 8.86. The van der Waals surface area contributed by atoms with Crippen LogP contribution in [0.5, 0.6) is 0 Å². The minimum atomic E-state index is 0.0634. The van der Waals surface area contributed by atoms with Gasteiger partial charge in [0.25, 0.3) is 0 Å².